The van der Waals surface area contributed by atoms with Gasteiger partial charge in [-0.2, -0.15) is 0 Å². The molecular weight excluding hydrogens is 315 g/mol. The molecule has 0 unspecified atom stereocenters. The minimum Gasteiger partial charge on any atom is -0.489 e. The van der Waals surface area contributed by atoms with Crippen LogP contribution in [-0.4, -0.2) is 0 Å². The zero-order valence-corrected chi connectivity index (χ0v) is 13.6. The zero-order valence-electron chi connectivity index (χ0n) is 11.3. The summed E-state index contributed by atoms with van der Waals surface area (Å²) in [6.07, 6.45) is 0. The molecule has 4 heteroatoms. The van der Waals surface area contributed by atoms with E-state index < -0.39 is 4.84 Å². The fraction of sp³-hybridized carbons (Fsp3) is 0.250. The highest BCUT2D eigenvalue weighted by molar-refractivity contribution is 6.45. The van der Waals surface area contributed by atoms with Crippen molar-refractivity contribution >= 4 is 34.8 Å². The van der Waals surface area contributed by atoms with E-state index in [1.807, 2.05) is 38.1 Å². The normalized spacial score (nSPS) is 10.9. The highest BCUT2D eigenvalue weighted by atomic mass is 35.5. The van der Waals surface area contributed by atoms with Crippen LogP contribution in [0.5, 0.6) is 5.75 Å². The predicted molar refractivity (Wildman–Crippen MR) is 86.1 cm³/mol. The topological polar surface area (TPSA) is 9.23 Å². The van der Waals surface area contributed by atoms with Crippen molar-refractivity contribution in [2.24, 2.45) is 0 Å². The SMILES string of the molecule is Cc1ccc(C)c(OCc2cccc(Cl)c2C(Cl)Cl)c1. The molecular formula is C16H15Cl3O. The molecule has 0 amide bonds. The van der Waals surface area contributed by atoms with Crippen molar-refractivity contribution < 1.29 is 4.74 Å². The molecule has 0 aliphatic rings. The first-order valence-electron chi connectivity index (χ1n) is 6.24. The van der Waals surface area contributed by atoms with Gasteiger partial charge in [0.1, 0.15) is 17.2 Å². The summed E-state index contributed by atoms with van der Waals surface area (Å²) < 4.78 is 5.87. The number of ether oxygens (including phenoxy) is 1. The van der Waals surface area contributed by atoms with E-state index in [1.54, 1.807) is 6.07 Å². The highest BCUT2D eigenvalue weighted by Crippen LogP contribution is 2.34. The Hall–Kier alpha value is -0.890. The van der Waals surface area contributed by atoms with Gasteiger partial charge >= 0.3 is 0 Å². The summed E-state index contributed by atoms with van der Waals surface area (Å²) in [5, 5.41) is 0.557. The van der Waals surface area contributed by atoms with Crippen LogP contribution in [0.25, 0.3) is 0 Å². The standard InChI is InChI=1S/C16H15Cl3O/c1-10-6-7-11(2)14(8-10)20-9-12-4-3-5-13(17)15(12)16(18)19/h3-8,16H,9H2,1-2H3. The lowest BCUT2D eigenvalue weighted by molar-refractivity contribution is 0.303. The maximum atomic E-state index is 6.14. The van der Waals surface area contributed by atoms with E-state index in [1.165, 1.54) is 0 Å². The van der Waals surface area contributed by atoms with E-state index in [9.17, 15) is 0 Å². The lowest BCUT2D eigenvalue weighted by atomic mass is 10.1. The summed E-state index contributed by atoms with van der Waals surface area (Å²) in [4.78, 5) is -0.666. The van der Waals surface area contributed by atoms with Gasteiger partial charge in [-0.1, -0.05) is 59.1 Å². The molecule has 0 aliphatic heterocycles. The van der Waals surface area contributed by atoms with Crippen LogP contribution >= 0.6 is 34.8 Å². The predicted octanol–water partition coefficient (Wildman–Crippen LogP) is 6.01. The highest BCUT2D eigenvalue weighted by Gasteiger charge is 2.14. The van der Waals surface area contributed by atoms with Crippen LogP contribution < -0.4 is 4.74 Å². The number of aryl methyl sites for hydroxylation is 2. The molecule has 0 N–H and O–H groups in total. The number of halogens is 3. The van der Waals surface area contributed by atoms with Crippen molar-refractivity contribution in [3.05, 3.63) is 63.7 Å². The molecule has 0 saturated carbocycles. The van der Waals surface area contributed by atoms with Gasteiger partial charge in [-0.15, -0.1) is 0 Å². The van der Waals surface area contributed by atoms with Gasteiger partial charge in [0, 0.05) is 10.6 Å². The summed E-state index contributed by atoms with van der Waals surface area (Å²) in [5.41, 5.74) is 3.85. The van der Waals surface area contributed by atoms with Gasteiger partial charge in [0.05, 0.1) is 0 Å². The van der Waals surface area contributed by atoms with Crippen molar-refractivity contribution in [3.8, 4) is 5.75 Å². The zero-order chi connectivity index (χ0) is 14.7. The average molecular weight is 330 g/mol. The van der Waals surface area contributed by atoms with Crippen LogP contribution in [0.2, 0.25) is 5.02 Å². The molecule has 20 heavy (non-hydrogen) atoms. The number of benzene rings is 2. The minimum absolute atomic E-state index is 0.385. The van der Waals surface area contributed by atoms with Crippen molar-refractivity contribution in [1.29, 1.82) is 0 Å². The third-order valence-electron chi connectivity index (χ3n) is 3.09. The largest absolute Gasteiger partial charge is 0.489 e. The van der Waals surface area contributed by atoms with Crippen LogP contribution in [0.4, 0.5) is 0 Å². The summed E-state index contributed by atoms with van der Waals surface area (Å²) in [7, 11) is 0. The van der Waals surface area contributed by atoms with Gasteiger partial charge in [0.25, 0.3) is 0 Å². The molecule has 2 aromatic rings. The van der Waals surface area contributed by atoms with Gasteiger partial charge in [0.2, 0.25) is 0 Å². The lowest BCUT2D eigenvalue weighted by Gasteiger charge is -2.14. The maximum Gasteiger partial charge on any atom is 0.134 e. The van der Waals surface area contributed by atoms with E-state index in [-0.39, 0.29) is 0 Å². The molecule has 2 aromatic carbocycles. The molecule has 0 saturated heterocycles. The van der Waals surface area contributed by atoms with Gasteiger partial charge < -0.3 is 4.74 Å². The fourth-order valence-corrected chi connectivity index (χ4v) is 2.90. The fourth-order valence-electron chi connectivity index (χ4n) is 1.97. The van der Waals surface area contributed by atoms with Crippen molar-refractivity contribution in [1.82, 2.24) is 0 Å². The Labute approximate surface area is 134 Å². The second-order valence-electron chi connectivity index (χ2n) is 4.67. The van der Waals surface area contributed by atoms with Crippen LogP contribution in [0, 0.1) is 13.8 Å². The van der Waals surface area contributed by atoms with Gasteiger partial charge in [-0.05, 0) is 42.7 Å². The average Bonchev–Trinajstić information content (AvgIpc) is 2.39. The third kappa shape index (κ3) is 3.60. The number of rotatable bonds is 4. The molecule has 0 heterocycles. The molecule has 2 rings (SSSR count). The molecule has 1 nitrogen and oxygen atoms in total. The van der Waals surface area contributed by atoms with Crippen molar-refractivity contribution in [2.45, 2.75) is 25.3 Å². The second kappa shape index (κ2) is 6.71. The Balaban J connectivity index is 2.23. The first-order chi connectivity index (χ1) is 9.49. The maximum absolute atomic E-state index is 6.14. The number of hydrogen-bond acceptors (Lipinski definition) is 1. The summed E-state index contributed by atoms with van der Waals surface area (Å²) >= 11 is 18.1. The number of hydrogen-bond donors (Lipinski definition) is 0. The van der Waals surface area contributed by atoms with Crippen molar-refractivity contribution in [2.75, 3.05) is 0 Å². The second-order valence-corrected chi connectivity index (χ2v) is 6.17. The van der Waals surface area contributed by atoms with Crippen LogP contribution in [0.1, 0.15) is 27.1 Å². The first kappa shape index (κ1) is 15.5. The van der Waals surface area contributed by atoms with E-state index in [2.05, 4.69) is 6.07 Å². The molecule has 0 fully saturated rings. The molecule has 0 aromatic heterocycles. The third-order valence-corrected chi connectivity index (χ3v) is 3.85. The van der Waals surface area contributed by atoms with E-state index >= 15 is 0 Å². The quantitative estimate of drug-likeness (QED) is 0.624. The number of alkyl halides is 2. The molecule has 0 atom stereocenters. The van der Waals surface area contributed by atoms with Gasteiger partial charge in [-0.3, -0.25) is 0 Å². The first-order valence-corrected chi connectivity index (χ1v) is 7.49. The Kier molecular flexibility index (Phi) is 5.20. The molecule has 0 bridgehead atoms. The van der Waals surface area contributed by atoms with Gasteiger partial charge in [-0.25, -0.2) is 0 Å². The Morgan fingerprint density at radius 2 is 1.85 bits per heavy atom. The van der Waals surface area contributed by atoms with Crippen LogP contribution in [0.15, 0.2) is 36.4 Å². The molecule has 0 spiro atoms. The summed E-state index contributed by atoms with van der Waals surface area (Å²) in [6, 6.07) is 11.7. The minimum atomic E-state index is -0.666. The molecule has 106 valence electrons. The van der Waals surface area contributed by atoms with Crippen molar-refractivity contribution in [3.63, 3.8) is 0 Å². The van der Waals surface area contributed by atoms with E-state index in [0.717, 1.165) is 22.4 Å². The van der Waals surface area contributed by atoms with E-state index in [4.69, 9.17) is 39.5 Å². The summed E-state index contributed by atoms with van der Waals surface area (Å²) in [6.45, 7) is 4.43. The molecule has 0 radical (unpaired) electrons. The Bertz CT molecular complexity index is 609. The lowest BCUT2D eigenvalue weighted by Crippen LogP contribution is -2.02. The van der Waals surface area contributed by atoms with Crippen LogP contribution in [0.3, 0.4) is 0 Å². The monoisotopic (exact) mass is 328 g/mol. The smallest absolute Gasteiger partial charge is 0.134 e. The molecule has 0 aliphatic carbocycles. The Morgan fingerprint density at radius 1 is 1.10 bits per heavy atom. The Morgan fingerprint density at radius 3 is 2.55 bits per heavy atom. The van der Waals surface area contributed by atoms with Crippen LogP contribution in [-0.2, 0) is 6.61 Å². The summed E-state index contributed by atoms with van der Waals surface area (Å²) in [5.74, 6) is 0.858. The van der Waals surface area contributed by atoms with Gasteiger partial charge in [0.15, 0.2) is 0 Å². The van der Waals surface area contributed by atoms with E-state index in [0.29, 0.717) is 17.2 Å².